The number of nitrogens with zero attached hydrogens (tertiary/aromatic N) is 2. The van der Waals surface area contributed by atoms with Gasteiger partial charge in [-0.25, -0.2) is 8.42 Å². The monoisotopic (exact) mass is 409 g/mol. The number of sulfonamides is 1. The zero-order valence-corrected chi connectivity index (χ0v) is 17.1. The topological polar surface area (TPSA) is 96.0 Å². The van der Waals surface area contributed by atoms with Crippen LogP contribution in [0.2, 0.25) is 0 Å². The van der Waals surface area contributed by atoms with Crippen LogP contribution < -0.4 is 10.1 Å². The highest BCUT2D eigenvalue weighted by molar-refractivity contribution is 7.88. The number of ether oxygens (including phenoxy) is 1. The number of methoxy groups -OCH3 is 1. The van der Waals surface area contributed by atoms with Gasteiger partial charge in [-0.1, -0.05) is 12.1 Å². The number of hydrogen-bond donors (Lipinski definition) is 1. The lowest BCUT2D eigenvalue weighted by Gasteiger charge is -2.29. The van der Waals surface area contributed by atoms with E-state index in [2.05, 4.69) is 5.32 Å². The van der Waals surface area contributed by atoms with Gasteiger partial charge in [0.05, 0.1) is 26.0 Å². The molecule has 9 heteroatoms. The third kappa shape index (κ3) is 4.82. The summed E-state index contributed by atoms with van der Waals surface area (Å²) in [6.07, 6.45) is 3.11. The van der Waals surface area contributed by atoms with E-state index in [1.807, 2.05) is 24.3 Å². The van der Waals surface area contributed by atoms with Crippen LogP contribution in [-0.4, -0.2) is 68.5 Å². The smallest absolute Gasteiger partial charge is 0.239 e. The molecule has 2 heterocycles. The number of hydrogen-bond acceptors (Lipinski definition) is 5. The molecule has 0 aromatic heterocycles. The van der Waals surface area contributed by atoms with Gasteiger partial charge in [0.1, 0.15) is 5.75 Å². The molecule has 28 heavy (non-hydrogen) atoms. The number of rotatable bonds is 6. The average molecular weight is 410 g/mol. The van der Waals surface area contributed by atoms with Crippen molar-refractivity contribution in [2.75, 3.05) is 33.0 Å². The van der Waals surface area contributed by atoms with E-state index >= 15 is 0 Å². The van der Waals surface area contributed by atoms with Gasteiger partial charge in [-0.2, -0.15) is 4.31 Å². The Morgan fingerprint density at radius 3 is 2.61 bits per heavy atom. The molecular weight excluding hydrogens is 382 g/mol. The predicted molar refractivity (Wildman–Crippen MR) is 104 cm³/mol. The van der Waals surface area contributed by atoms with Crippen molar-refractivity contribution >= 4 is 21.8 Å². The van der Waals surface area contributed by atoms with Crippen molar-refractivity contribution in [2.45, 2.75) is 31.8 Å². The Bertz CT molecular complexity index is 824. The van der Waals surface area contributed by atoms with Crippen LogP contribution in [0.25, 0.3) is 0 Å². The highest BCUT2D eigenvalue weighted by Gasteiger charge is 2.43. The fourth-order valence-electron chi connectivity index (χ4n) is 3.93. The summed E-state index contributed by atoms with van der Waals surface area (Å²) < 4.78 is 30.4. The molecule has 2 amide bonds. The first-order valence-electron chi connectivity index (χ1n) is 9.42. The quantitative estimate of drug-likeness (QED) is 0.742. The molecule has 8 nitrogen and oxygen atoms in total. The lowest BCUT2D eigenvalue weighted by molar-refractivity contribution is -0.138. The van der Waals surface area contributed by atoms with Crippen LogP contribution in [0.1, 0.15) is 24.8 Å². The summed E-state index contributed by atoms with van der Waals surface area (Å²) in [7, 11) is -1.72. The van der Waals surface area contributed by atoms with E-state index in [1.54, 1.807) is 12.0 Å². The zero-order valence-electron chi connectivity index (χ0n) is 16.3. The van der Waals surface area contributed by atoms with Crippen LogP contribution in [0.4, 0.5) is 0 Å². The second kappa shape index (κ2) is 8.48. The molecule has 2 aliphatic heterocycles. The number of likely N-dealkylation sites (tertiary alicyclic amines) is 1. The number of fused-ring (bicyclic) bond motifs is 1. The minimum atomic E-state index is -3.31. The molecule has 0 bridgehead atoms. The molecule has 0 radical (unpaired) electrons. The Hall–Kier alpha value is -2.13. The lowest BCUT2D eigenvalue weighted by atomic mass is 9.98. The SMILES string of the molecule is COc1ccc(CNC(=O)CN2C(=O)CCC[C@@H]3CN(S(C)(=O)=O)C[C@@H]32)cc1. The number of nitrogens with one attached hydrogen (secondary N) is 1. The van der Waals surface area contributed by atoms with E-state index in [1.165, 1.54) is 10.6 Å². The van der Waals surface area contributed by atoms with Gasteiger partial charge < -0.3 is 15.0 Å². The van der Waals surface area contributed by atoms with E-state index < -0.39 is 10.0 Å². The Balaban J connectivity index is 1.62. The summed E-state index contributed by atoms with van der Waals surface area (Å²) >= 11 is 0. The van der Waals surface area contributed by atoms with Crippen LogP contribution in [0, 0.1) is 5.92 Å². The largest absolute Gasteiger partial charge is 0.497 e. The van der Waals surface area contributed by atoms with Gasteiger partial charge in [0, 0.05) is 26.1 Å². The first-order chi connectivity index (χ1) is 13.3. The van der Waals surface area contributed by atoms with E-state index in [0.29, 0.717) is 19.5 Å². The van der Waals surface area contributed by atoms with Crippen LogP contribution in [-0.2, 0) is 26.2 Å². The van der Waals surface area contributed by atoms with Crippen molar-refractivity contribution in [3.8, 4) is 5.75 Å². The summed E-state index contributed by atoms with van der Waals surface area (Å²) in [6.45, 7) is 0.990. The van der Waals surface area contributed by atoms with Crippen molar-refractivity contribution in [3.63, 3.8) is 0 Å². The van der Waals surface area contributed by atoms with Crippen molar-refractivity contribution in [3.05, 3.63) is 29.8 Å². The first-order valence-corrected chi connectivity index (χ1v) is 11.3. The molecule has 0 unspecified atom stereocenters. The maximum absolute atomic E-state index is 12.6. The molecule has 2 atom stereocenters. The van der Waals surface area contributed by atoms with Crippen molar-refractivity contribution < 1.29 is 22.7 Å². The first kappa shape index (κ1) is 20.6. The Morgan fingerprint density at radius 1 is 1.25 bits per heavy atom. The molecule has 1 N–H and O–H groups in total. The van der Waals surface area contributed by atoms with Gasteiger partial charge in [-0.15, -0.1) is 0 Å². The summed E-state index contributed by atoms with van der Waals surface area (Å²) in [5, 5.41) is 2.84. The fourth-order valence-corrected chi connectivity index (χ4v) is 4.81. The van der Waals surface area contributed by atoms with Crippen molar-refractivity contribution in [1.29, 1.82) is 0 Å². The molecule has 154 valence electrons. The van der Waals surface area contributed by atoms with E-state index in [-0.39, 0.29) is 36.9 Å². The summed E-state index contributed by atoms with van der Waals surface area (Å²) in [6, 6.07) is 7.14. The molecule has 2 fully saturated rings. The maximum Gasteiger partial charge on any atom is 0.239 e. The Labute approximate surface area is 165 Å². The van der Waals surface area contributed by atoms with Gasteiger partial charge in [0.2, 0.25) is 21.8 Å². The van der Waals surface area contributed by atoms with Gasteiger partial charge in [-0.05, 0) is 36.5 Å². The Kier molecular flexibility index (Phi) is 6.24. The number of amides is 2. The van der Waals surface area contributed by atoms with Crippen molar-refractivity contribution in [2.24, 2.45) is 5.92 Å². The van der Waals surface area contributed by atoms with E-state index in [0.717, 1.165) is 24.2 Å². The van der Waals surface area contributed by atoms with Crippen LogP contribution in [0.3, 0.4) is 0 Å². The maximum atomic E-state index is 12.6. The minimum Gasteiger partial charge on any atom is -0.497 e. The molecule has 1 aromatic rings. The molecule has 1 aromatic carbocycles. The van der Waals surface area contributed by atoms with Crippen LogP contribution in [0.5, 0.6) is 5.75 Å². The molecular formula is C19H27N3O5S. The van der Waals surface area contributed by atoms with Crippen LogP contribution in [0.15, 0.2) is 24.3 Å². The molecule has 2 aliphatic rings. The summed E-state index contributed by atoms with van der Waals surface area (Å²) in [5.74, 6) is 0.494. The van der Waals surface area contributed by atoms with Crippen molar-refractivity contribution in [1.82, 2.24) is 14.5 Å². The second-order valence-corrected chi connectivity index (χ2v) is 9.43. The van der Waals surface area contributed by atoms with Gasteiger partial charge in [0.15, 0.2) is 0 Å². The molecule has 3 rings (SSSR count). The average Bonchev–Trinajstić information content (AvgIpc) is 3.03. The molecule has 0 saturated carbocycles. The highest BCUT2D eigenvalue weighted by Crippen LogP contribution is 2.31. The third-order valence-corrected chi connectivity index (χ3v) is 6.73. The predicted octanol–water partition coefficient (Wildman–Crippen LogP) is 0.584. The van der Waals surface area contributed by atoms with Gasteiger partial charge in [0.25, 0.3) is 0 Å². The molecule has 0 aliphatic carbocycles. The Morgan fingerprint density at radius 2 is 1.96 bits per heavy atom. The number of benzene rings is 1. The van der Waals surface area contributed by atoms with Crippen LogP contribution >= 0.6 is 0 Å². The number of carbonyl (C=O) groups is 2. The van der Waals surface area contributed by atoms with E-state index in [4.69, 9.17) is 4.74 Å². The normalized spacial score (nSPS) is 23.2. The van der Waals surface area contributed by atoms with Gasteiger partial charge >= 0.3 is 0 Å². The summed E-state index contributed by atoms with van der Waals surface area (Å²) in [5.41, 5.74) is 0.929. The number of carbonyl (C=O) groups excluding carboxylic acids is 2. The standard InChI is InChI=1S/C19H27N3O5S/c1-27-16-8-6-14(7-9-16)10-20-18(23)13-22-17-12-21(28(2,25)26)11-15(17)4-3-5-19(22)24/h6-9,15,17H,3-5,10-13H2,1-2H3,(H,20,23)/t15-,17+/m1/s1. The van der Waals surface area contributed by atoms with E-state index in [9.17, 15) is 18.0 Å². The summed E-state index contributed by atoms with van der Waals surface area (Å²) in [4.78, 5) is 26.6. The minimum absolute atomic E-state index is 0.0479. The molecule has 0 spiro atoms. The zero-order chi connectivity index (χ0) is 20.3. The highest BCUT2D eigenvalue weighted by atomic mass is 32.2. The van der Waals surface area contributed by atoms with Gasteiger partial charge in [-0.3, -0.25) is 9.59 Å². The molecule has 2 saturated heterocycles. The fraction of sp³-hybridized carbons (Fsp3) is 0.579. The lowest BCUT2D eigenvalue weighted by Crippen LogP contribution is -2.48. The second-order valence-electron chi connectivity index (χ2n) is 7.45. The third-order valence-electron chi connectivity index (χ3n) is 5.49.